The summed E-state index contributed by atoms with van der Waals surface area (Å²) in [6, 6.07) is 11.7. The average molecular weight is 491 g/mol. The third kappa shape index (κ3) is 4.14. The van der Waals surface area contributed by atoms with Gasteiger partial charge in [0, 0.05) is 18.0 Å². The fourth-order valence-corrected chi connectivity index (χ4v) is 7.72. The summed E-state index contributed by atoms with van der Waals surface area (Å²) < 4.78 is 25.1. The molecule has 0 unspecified atom stereocenters. The van der Waals surface area contributed by atoms with Gasteiger partial charge in [0.15, 0.2) is 14.6 Å². The molecule has 2 aromatic rings. The number of nitrogens with zero attached hydrogens (tertiary/aromatic N) is 1. The van der Waals surface area contributed by atoms with Gasteiger partial charge in [0.25, 0.3) is 11.1 Å². The molecule has 0 atom stereocenters. The maximum atomic E-state index is 13.3. The largest absolute Gasteiger partial charge is 0.353 e. The second-order valence-corrected chi connectivity index (χ2v) is 11.9. The topological polar surface area (TPSA) is 101 Å². The minimum Gasteiger partial charge on any atom is -0.353 e. The summed E-state index contributed by atoms with van der Waals surface area (Å²) in [6.45, 7) is -0.0190. The van der Waals surface area contributed by atoms with E-state index in [1.165, 1.54) is 23.5 Å². The summed E-state index contributed by atoms with van der Waals surface area (Å²) >= 11 is 2.33. The number of rotatable bonds is 7. The standard InChI is InChI=1S/C22H22N2O5S3/c25-19-18(15-16-7-6-14-30-16)31-21(27)24(19)13-12-23-20(26)22(10-4-5-11-22)32(28,29)17-8-2-1-3-9-17/h1-3,6-9,14-15H,4-5,10-13H2,(H,23,26)/b18-15-. The predicted molar refractivity (Wildman–Crippen MR) is 125 cm³/mol. The number of benzene rings is 1. The van der Waals surface area contributed by atoms with Crippen LogP contribution in [0.2, 0.25) is 0 Å². The van der Waals surface area contributed by atoms with Crippen LogP contribution in [0.15, 0.2) is 57.6 Å². The summed E-state index contributed by atoms with van der Waals surface area (Å²) in [7, 11) is -3.88. The normalized spacial score (nSPS) is 19.6. The van der Waals surface area contributed by atoms with Crippen molar-refractivity contribution in [1.29, 1.82) is 0 Å². The first kappa shape index (κ1) is 22.8. The minimum atomic E-state index is -3.88. The fraction of sp³-hybridized carbons (Fsp3) is 0.318. The lowest BCUT2D eigenvalue weighted by atomic mass is 10.1. The molecule has 1 N–H and O–H groups in total. The van der Waals surface area contributed by atoms with Crippen molar-refractivity contribution < 1.29 is 22.8 Å². The van der Waals surface area contributed by atoms with Gasteiger partial charge in [0.2, 0.25) is 5.91 Å². The number of imide groups is 1. The van der Waals surface area contributed by atoms with Gasteiger partial charge < -0.3 is 5.32 Å². The molecule has 1 aliphatic heterocycles. The van der Waals surface area contributed by atoms with Gasteiger partial charge in [0.05, 0.1) is 9.80 Å². The summed E-state index contributed by atoms with van der Waals surface area (Å²) in [5.74, 6) is -0.977. The van der Waals surface area contributed by atoms with E-state index in [9.17, 15) is 22.8 Å². The summed E-state index contributed by atoms with van der Waals surface area (Å²) in [5, 5.41) is 4.16. The van der Waals surface area contributed by atoms with Crippen molar-refractivity contribution in [3.63, 3.8) is 0 Å². The van der Waals surface area contributed by atoms with Crippen molar-refractivity contribution in [3.8, 4) is 0 Å². The quantitative estimate of drug-likeness (QED) is 0.594. The van der Waals surface area contributed by atoms with E-state index in [-0.39, 0.29) is 30.8 Å². The van der Waals surface area contributed by atoms with E-state index in [4.69, 9.17) is 0 Å². The van der Waals surface area contributed by atoms with E-state index in [1.54, 1.807) is 24.3 Å². The van der Waals surface area contributed by atoms with Gasteiger partial charge in [-0.15, -0.1) is 11.3 Å². The molecule has 1 aliphatic carbocycles. The van der Waals surface area contributed by atoms with Gasteiger partial charge >= 0.3 is 0 Å². The highest BCUT2D eigenvalue weighted by molar-refractivity contribution is 8.18. The molecule has 2 aliphatic rings. The Kier molecular flexibility index (Phi) is 6.55. The number of thioether (sulfide) groups is 1. The fourth-order valence-electron chi connectivity index (χ4n) is 4.03. The third-order valence-corrected chi connectivity index (χ3v) is 9.95. The first-order valence-corrected chi connectivity index (χ1v) is 13.4. The first-order chi connectivity index (χ1) is 15.3. The molecule has 2 heterocycles. The van der Waals surface area contributed by atoms with Gasteiger partial charge in [0.1, 0.15) is 0 Å². The highest BCUT2D eigenvalue weighted by Gasteiger charge is 2.52. The Balaban J connectivity index is 1.44. The SMILES string of the molecule is O=C1S/C(=C\c2cccs2)C(=O)N1CCNC(=O)C1(S(=O)(=O)c2ccccc2)CCCC1. The summed E-state index contributed by atoms with van der Waals surface area (Å²) in [4.78, 5) is 40.4. The molecule has 0 spiro atoms. The Morgan fingerprint density at radius 2 is 1.81 bits per heavy atom. The van der Waals surface area contributed by atoms with Crippen molar-refractivity contribution in [2.45, 2.75) is 35.3 Å². The van der Waals surface area contributed by atoms with Crippen molar-refractivity contribution in [2.75, 3.05) is 13.1 Å². The molecule has 2 fully saturated rings. The molecule has 0 bridgehead atoms. The van der Waals surface area contributed by atoms with Crippen LogP contribution < -0.4 is 5.32 Å². The van der Waals surface area contributed by atoms with Crippen molar-refractivity contribution in [1.82, 2.24) is 10.2 Å². The van der Waals surface area contributed by atoms with Crippen LogP contribution in [0.3, 0.4) is 0 Å². The minimum absolute atomic E-state index is 0.00475. The Hall–Kier alpha value is -2.43. The van der Waals surface area contributed by atoms with Crippen LogP contribution in [-0.4, -0.2) is 48.2 Å². The number of thiophene rings is 1. The number of carbonyl (C=O) groups excluding carboxylic acids is 3. The molecule has 4 rings (SSSR count). The van der Waals surface area contributed by atoms with Gasteiger partial charge in [-0.2, -0.15) is 0 Å². The van der Waals surface area contributed by atoms with Crippen LogP contribution in [0.25, 0.3) is 6.08 Å². The number of amides is 3. The molecule has 32 heavy (non-hydrogen) atoms. The molecule has 1 aromatic heterocycles. The zero-order valence-corrected chi connectivity index (χ0v) is 19.6. The zero-order chi connectivity index (χ0) is 22.8. The van der Waals surface area contributed by atoms with E-state index in [1.807, 2.05) is 17.5 Å². The second-order valence-electron chi connectivity index (χ2n) is 7.62. The molecule has 1 saturated heterocycles. The molecule has 3 amide bonds. The number of nitrogens with one attached hydrogen (secondary N) is 1. The van der Waals surface area contributed by atoms with E-state index in [0.29, 0.717) is 17.7 Å². The summed E-state index contributed by atoms with van der Waals surface area (Å²) in [6.07, 6.45) is 3.47. The smallest absolute Gasteiger partial charge is 0.293 e. The highest BCUT2D eigenvalue weighted by atomic mass is 32.2. The zero-order valence-electron chi connectivity index (χ0n) is 17.2. The number of carbonyl (C=O) groups is 3. The lowest BCUT2D eigenvalue weighted by molar-refractivity contribution is -0.125. The molecular formula is C22H22N2O5S3. The Morgan fingerprint density at radius 1 is 1.09 bits per heavy atom. The molecule has 1 saturated carbocycles. The van der Waals surface area contributed by atoms with E-state index >= 15 is 0 Å². The van der Waals surface area contributed by atoms with Gasteiger partial charge in [-0.25, -0.2) is 8.42 Å². The summed E-state index contributed by atoms with van der Waals surface area (Å²) in [5.41, 5.74) is 0. The van der Waals surface area contributed by atoms with E-state index in [0.717, 1.165) is 21.5 Å². The van der Waals surface area contributed by atoms with Crippen molar-refractivity contribution >= 4 is 56.1 Å². The Bertz CT molecular complexity index is 1150. The van der Waals surface area contributed by atoms with E-state index in [2.05, 4.69) is 5.32 Å². The van der Waals surface area contributed by atoms with Crippen LogP contribution >= 0.6 is 23.1 Å². The first-order valence-electron chi connectivity index (χ1n) is 10.2. The van der Waals surface area contributed by atoms with Crippen LogP contribution in [0, 0.1) is 0 Å². The number of hydrogen-bond donors (Lipinski definition) is 1. The van der Waals surface area contributed by atoms with E-state index < -0.39 is 31.6 Å². The van der Waals surface area contributed by atoms with Crippen LogP contribution in [-0.2, 0) is 19.4 Å². The maximum absolute atomic E-state index is 13.3. The Labute approximate surface area is 194 Å². The second kappa shape index (κ2) is 9.21. The van der Waals surface area contributed by atoms with Crippen molar-refractivity contribution in [2.24, 2.45) is 0 Å². The highest BCUT2D eigenvalue weighted by Crippen LogP contribution is 2.40. The Morgan fingerprint density at radius 3 is 2.47 bits per heavy atom. The number of hydrogen-bond acceptors (Lipinski definition) is 7. The van der Waals surface area contributed by atoms with Crippen LogP contribution in [0.1, 0.15) is 30.6 Å². The van der Waals surface area contributed by atoms with Crippen LogP contribution in [0.4, 0.5) is 4.79 Å². The van der Waals surface area contributed by atoms with Gasteiger partial charge in [-0.05, 0) is 54.3 Å². The molecular weight excluding hydrogens is 468 g/mol. The molecule has 0 radical (unpaired) electrons. The monoisotopic (exact) mass is 490 g/mol. The lowest BCUT2D eigenvalue weighted by Gasteiger charge is -2.28. The average Bonchev–Trinajstić information content (AvgIpc) is 3.53. The van der Waals surface area contributed by atoms with Gasteiger partial charge in [-0.1, -0.05) is 37.1 Å². The molecule has 10 heteroatoms. The van der Waals surface area contributed by atoms with Gasteiger partial charge in [-0.3, -0.25) is 19.3 Å². The molecule has 1 aromatic carbocycles. The molecule has 168 valence electrons. The predicted octanol–water partition coefficient (Wildman–Crippen LogP) is 3.69. The molecule has 7 nitrogen and oxygen atoms in total. The third-order valence-electron chi connectivity index (χ3n) is 5.70. The number of sulfone groups is 1. The van der Waals surface area contributed by atoms with Crippen LogP contribution in [0.5, 0.6) is 0 Å². The lowest BCUT2D eigenvalue weighted by Crippen LogP contribution is -2.52. The van der Waals surface area contributed by atoms with Crippen molar-refractivity contribution in [3.05, 3.63) is 57.6 Å². The maximum Gasteiger partial charge on any atom is 0.293 e.